The van der Waals surface area contributed by atoms with E-state index in [1.807, 2.05) is 0 Å². The molecular weight excluding hydrogens is 224 g/mol. The Kier molecular flexibility index (Phi) is 4.25. The molecule has 2 atom stereocenters. The van der Waals surface area contributed by atoms with Crippen molar-refractivity contribution in [2.75, 3.05) is 38.2 Å². The van der Waals surface area contributed by atoms with Crippen molar-refractivity contribution in [2.45, 2.75) is 19.9 Å². The lowest BCUT2D eigenvalue weighted by atomic mass is 10.1. The van der Waals surface area contributed by atoms with Gasteiger partial charge in [0.2, 0.25) is 0 Å². The number of benzene rings is 1. The summed E-state index contributed by atoms with van der Waals surface area (Å²) in [6.45, 7) is 7.63. The van der Waals surface area contributed by atoms with Gasteiger partial charge in [-0.25, -0.2) is 0 Å². The van der Waals surface area contributed by atoms with E-state index in [1.165, 1.54) is 11.3 Å². The number of nitrogens with zero attached hydrogens (tertiary/aromatic N) is 2. The molecular formula is C15H24N2O. The molecule has 1 aliphatic rings. The number of hydrogen-bond donors (Lipinski definition) is 1. The largest absolute Gasteiger partial charge is 0.395 e. The zero-order valence-electron chi connectivity index (χ0n) is 11.6. The molecule has 100 valence electrons. The fourth-order valence-corrected chi connectivity index (χ4v) is 2.71. The van der Waals surface area contributed by atoms with Gasteiger partial charge in [-0.1, -0.05) is 24.6 Å². The summed E-state index contributed by atoms with van der Waals surface area (Å²) in [6.07, 6.45) is 0. The molecule has 1 aliphatic heterocycles. The minimum Gasteiger partial charge on any atom is -0.395 e. The molecule has 0 spiro atoms. The van der Waals surface area contributed by atoms with Crippen molar-refractivity contribution in [2.24, 2.45) is 5.92 Å². The average Bonchev–Trinajstić information content (AvgIpc) is 2.48. The first-order valence-corrected chi connectivity index (χ1v) is 6.73. The van der Waals surface area contributed by atoms with Crippen molar-refractivity contribution < 1.29 is 5.11 Å². The number of hydrogen-bond acceptors (Lipinski definition) is 3. The molecule has 1 saturated heterocycles. The molecule has 1 N–H and O–H groups in total. The van der Waals surface area contributed by atoms with Gasteiger partial charge in [0.25, 0.3) is 0 Å². The van der Waals surface area contributed by atoms with Gasteiger partial charge < -0.3 is 10.0 Å². The fourth-order valence-electron chi connectivity index (χ4n) is 2.71. The van der Waals surface area contributed by atoms with Crippen LogP contribution >= 0.6 is 0 Å². The first kappa shape index (κ1) is 13.4. The number of aliphatic hydroxyl groups is 1. The van der Waals surface area contributed by atoms with Crippen LogP contribution in [0.3, 0.4) is 0 Å². The van der Waals surface area contributed by atoms with E-state index in [0.29, 0.717) is 5.92 Å². The number of rotatable bonds is 2. The number of anilines is 1. The van der Waals surface area contributed by atoms with Crippen LogP contribution < -0.4 is 4.90 Å². The molecule has 3 nitrogen and oxygen atoms in total. The van der Waals surface area contributed by atoms with Crippen molar-refractivity contribution in [1.82, 2.24) is 4.90 Å². The molecule has 0 aromatic heterocycles. The summed E-state index contributed by atoms with van der Waals surface area (Å²) in [4.78, 5) is 4.67. The van der Waals surface area contributed by atoms with E-state index in [4.69, 9.17) is 0 Å². The van der Waals surface area contributed by atoms with Crippen molar-refractivity contribution in [3.63, 3.8) is 0 Å². The molecule has 1 aromatic rings. The third kappa shape index (κ3) is 3.03. The maximum Gasteiger partial charge on any atom is 0.0604 e. The van der Waals surface area contributed by atoms with Crippen LogP contribution in [0.15, 0.2) is 24.3 Å². The van der Waals surface area contributed by atoms with E-state index in [1.54, 1.807) is 0 Å². The lowest BCUT2D eigenvalue weighted by Gasteiger charge is -2.28. The van der Waals surface area contributed by atoms with E-state index in [9.17, 15) is 5.11 Å². The predicted octanol–water partition coefficient (Wildman–Crippen LogP) is 1.74. The van der Waals surface area contributed by atoms with E-state index in [2.05, 4.69) is 55.0 Å². The third-order valence-electron chi connectivity index (χ3n) is 3.80. The van der Waals surface area contributed by atoms with Gasteiger partial charge in [0.1, 0.15) is 0 Å². The summed E-state index contributed by atoms with van der Waals surface area (Å²) in [7, 11) is 2.11. The summed E-state index contributed by atoms with van der Waals surface area (Å²) in [6, 6.07) is 8.91. The van der Waals surface area contributed by atoms with Gasteiger partial charge in [0.15, 0.2) is 0 Å². The van der Waals surface area contributed by atoms with Crippen molar-refractivity contribution in [1.29, 1.82) is 0 Å². The Morgan fingerprint density at radius 3 is 2.44 bits per heavy atom. The summed E-state index contributed by atoms with van der Waals surface area (Å²) < 4.78 is 0. The maximum absolute atomic E-state index is 9.51. The zero-order valence-corrected chi connectivity index (χ0v) is 11.6. The molecule has 0 aliphatic carbocycles. The highest BCUT2D eigenvalue weighted by molar-refractivity contribution is 5.48. The third-order valence-corrected chi connectivity index (χ3v) is 3.80. The molecule has 2 unspecified atom stereocenters. The van der Waals surface area contributed by atoms with Crippen LogP contribution in [0.25, 0.3) is 0 Å². The number of aryl methyl sites for hydroxylation is 1. The first-order chi connectivity index (χ1) is 8.60. The standard InChI is InChI=1S/C15H24N2O/c1-12-4-6-14(7-5-12)17-9-13(2)8-16(3)15(10-17)11-18/h4-7,13,15,18H,8-11H2,1-3H3. The van der Waals surface area contributed by atoms with Gasteiger partial charge >= 0.3 is 0 Å². The normalized spacial score (nSPS) is 26.1. The summed E-state index contributed by atoms with van der Waals surface area (Å²) in [5, 5.41) is 9.51. The minimum absolute atomic E-state index is 0.228. The molecule has 0 bridgehead atoms. The Balaban J connectivity index is 2.18. The van der Waals surface area contributed by atoms with E-state index >= 15 is 0 Å². The molecule has 18 heavy (non-hydrogen) atoms. The van der Waals surface area contributed by atoms with Crippen LogP contribution in [0.5, 0.6) is 0 Å². The Morgan fingerprint density at radius 1 is 1.17 bits per heavy atom. The molecule has 0 radical (unpaired) electrons. The highest BCUT2D eigenvalue weighted by Gasteiger charge is 2.25. The monoisotopic (exact) mass is 248 g/mol. The lowest BCUT2D eigenvalue weighted by molar-refractivity contribution is 0.151. The smallest absolute Gasteiger partial charge is 0.0604 e. The summed E-state index contributed by atoms with van der Waals surface area (Å²) in [5.41, 5.74) is 2.55. The Labute approximate surface area is 110 Å². The summed E-state index contributed by atoms with van der Waals surface area (Å²) in [5.74, 6) is 0.618. The Hall–Kier alpha value is -1.06. The average molecular weight is 248 g/mol. The van der Waals surface area contributed by atoms with Crippen LogP contribution in [0.1, 0.15) is 12.5 Å². The Bertz CT molecular complexity index is 377. The first-order valence-electron chi connectivity index (χ1n) is 6.73. The minimum atomic E-state index is 0.228. The highest BCUT2D eigenvalue weighted by atomic mass is 16.3. The maximum atomic E-state index is 9.51. The highest BCUT2D eigenvalue weighted by Crippen LogP contribution is 2.21. The second-order valence-corrected chi connectivity index (χ2v) is 5.62. The quantitative estimate of drug-likeness (QED) is 0.863. The second-order valence-electron chi connectivity index (χ2n) is 5.62. The summed E-state index contributed by atoms with van der Waals surface area (Å²) >= 11 is 0. The van der Waals surface area contributed by atoms with Crippen LogP contribution in [0.4, 0.5) is 5.69 Å². The van der Waals surface area contributed by atoms with Gasteiger partial charge in [-0.3, -0.25) is 4.90 Å². The van der Waals surface area contributed by atoms with Crippen molar-refractivity contribution in [3.05, 3.63) is 29.8 Å². The van der Waals surface area contributed by atoms with Crippen LogP contribution in [-0.2, 0) is 0 Å². The lowest BCUT2D eigenvalue weighted by Crippen LogP contribution is -2.41. The predicted molar refractivity (Wildman–Crippen MR) is 76.1 cm³/mol. The van der Waals surface area contributed by atoms with Crippen molar-refractivity contribution >= 4 is 5.69 Å². The number of likely N-dealkylation sites (N-methyl/N-ethyl adjacent to an activating group) is 1. The zero-order chi connectivity index (χ0) is 13.1. The Morgan fingerprint density at radius 2 is 1.83 bits per heavy atom. The molecule has 1 fully saturated rings. The molecule has 3 heteroatoms. The SMILES string of the molecule is Cc1ccc(N2CC(C)CN(C)C(CO)C2)cc1. The van der Waals surface area contributed by atoms with E-state index in [0.717, 1.165) is 19.6 Å². The molecule has 1 aromatic carbocycles. The second kappa shape index (κ2) is 5.72. The molecule has 1 heterocycles. The van der Waals surface area contributed by atoms with E-state index in [-0.39, 0.29) is 12.6 Å². The van der Waals surface area contributed by atoms with Gasteiger partial charge in [0, 0.05) is 31.4 Å². The molecule has 0 saturated carbocycles. The van der Waals surface area contributed by atoms with Gasteiger partial charge in [-0.05, 0) is 32.0 Å². The van der Waals surface area contributed by atoms with Crippen molar-refractivity contribution in [3.8, 4) is 0 Å². The molecule has 0 amide bonds. The van der Waals surface area contributed by atoms with E-state index < -0.39 is 0 Å². The van der Waals surface area contributed by atoms with Gasteiger partial charge in [0.05, 0.1) is 6.61 Å². The fraction of sp³-hybridized carbons (Fsp3) is 0.600. The van der Waals surface area contributed by atoms with Gasteiger partial charge in [-0.15, -0.1) is 0 Å². The topological polar surface area (TPSA) is 26.7 Å². The van der Waals surface area contributed by atoms with Crippen LogP contribution in [0.2, 0.25) is 0 Å². The number of aliphatic hydroxyl groups excluding tert-OH is 1. The van der Waals surface area contributed by atoms with Crippen LogP contribution in [-0.4, -0.2) is 49.3 Å². The van der Waals surface area contributed by atoms with Gasteiger partial charge in [-0.2, -0.15) is 0 Å². The molecule has 2 rings (SSSR count). The van der Waals surface area contributed by atoms with Crippen LogP contribution in [0, 0.1) is 12.8 Å².